The first kappa shape index (κ1) is 19.8. The Kier molecular flexibility index (Phi) is 10.4. The zero-order valence-corrected chi connectivity index (χ0v) is 12.4. The molecule has 0 amide bonds. The molecule has 0 aromatic rings. The lowest BCUT2D eigenvalue weighted by molar-refractivity contribution is 0.0208. The summed E-state index contributed by atoms with van der Waals surface area (Å²) in [5.74, 6) is 0. The third kappa shape index (κ3) is 11.6. The molecule has 0 radical (unpaired) electrons. The fraction of sp³-hybridized carbons (Fsp3) is 1.00. The highest BCUT2D eigenvalue weighted by atomic mass is 16.3. The van der Waals surface area contributed by atoms with E-state index in [2.05, 4.69) is 0 Å². The summed E-state index contributed by atoms with van der Waals surface area (Å²) in [6.45, 7) is 3.14. The molecule has 0 saturated carbocycles. The highest BCUT2D eigenvalue weighted by Gasteiger charge is 2.18. The SMILES string of the molecule is CC(O)CC(O)C[C@H](O)CCC(O)CC(O)C[C@@H](C)O. The Morgan fingerprint density at radius 1 is 0.500 bits per heavy atom. The minimum Gasteiger partial charge on any atom is -0.393 e. The smallest absolute Gasteiger partial charge is 0.0589 e. The summed E-state index contributed by atoms with van der Waals surface area (Å²) < 4.78 is 0. The summed E-state index contributed by atoms with van der Waals surface area (Å²) >= 11 is 0. The van der Waals surface area contributed by atoms with Gasteiger partial charge in [0.15, 0.2) is 0 Å². The Hall–Kier alpha value is -0.240. The van der Waals surface area contributed by atoms with E-state index < -0.39 is 36.6 Å². The van der Waals surface area contributed by atoms with Crippen LogP contribution in [-0.4, -0.2) is 67.3 Å². The minimum atomic E-state index is -0.761. The van der Waals surface area contributed by atoms with Gasteiger partial charge in [0.1, 0.15) is 0 Å². The van der Waals surface area contributed by atoms with Gasteiger partial charge in [-0.25, -0.2) is 0 Å². The van der Waals surface area contributed by atoms with Crippen molar-refractivity contribution >= 4 is 0 Å². The van der Waals surface area contributed by atoms with Gasteiger partial charge >= 0.3 is 0 Å². The molecule has 4 unspecified atom stereocenters. The van der Waals surface area contributed by atoms with E-state index in [1.165, 1.54) is 0 Å². The van der Waals surface area contributed by atoms with Gasteiger partial charge in [0, 0.05) is 0 Å². The van der Waals surface area contributed by atoms with Crippen LogP contribution in [-0.2, 0) is 0 Å². The van der Waals surface area contributed by atoms with Gasteiger partial charge in [-0.15, -0.1) is 0 Å². The van der Waals surface area contributed by atoms with E-state index in [-0.39, 0.29) is 25.7 Å². The third-order valence-electron chi connectivity index (χ3n) is 3.15. The summed E-state index contributed by atoms with van der Waals surface area (Å²) in [5.41, 5.74) is 0. The summed E-state index contributed by atoms with van der Waals surface area (Å²) in [7, 11) is 0. The second-order valence-corrected chi connectivity index (χ2v) is 5.83. The molecule has 6 heteroatoms. The van der Waals surface area contributed by atoms with Gasteiger partial charge in [-0.3, -0.25) is 0 Å². The lowest BCUT2D eigenvalue weighted by Crippen LogP contribution is -2.25. The van der Waals surface area contributed by atoms with Crippen molar-refractivity contribution in [2.24, 2.45) is 0 Å². The van der Waals surface area contributed by atoms with Crippen LogP contribution in [0.15, 0.2) is 0 Å². The second-order valence-electron chi connectivity index (χ2n) is 5.83. The maximum Gasteiger partial charge on any atom is 0.0589 e. The monoisotopic (exact) mass is 294 g/mol. The molecule has 0 saturated heterocycles. The molecule has 122 valence electrons. The largest absolute Gasteiger partial charge is 0.393 e. The molecule has 0 heterocycles. The molecule has 0 bridgehead atoms. The van der Waals surface area contributed by atoms with Gasteiger partial charge in [0.2, 0.25) is 0 Å². The van der Waals surface area contributed by atoms with Crippen LogP contribution in [0.25, 0.3) is 0 Å². The van der Waals surface area contributed by atoms with Crippen molar-refractivity contribution in [3.05, 3.63) is 0 Å². The molecule has 6 N–H and O–H groups in total. The Labute approximate surface area is 120 Å². The Morgan fingerprint density at radius 2 is 0.800 bits per heavy atom. The van der Waals surface area contributed by atoms with E-state index in [4.69, 9.17) is 10.2 Å². The van der Waals surface area contributed by atoms with Crippen molar-refractivity contribution in [3.8, 4) is 0 Å². The topological polar surface area (TPSA) is 121 Å². The van der Waals surface area contributed by atoms with E-state index >= 15 is 0 Å². The van der Waals surface area contributed by atoms with Crippen molar-refractivity contribution in [2.75, 3.05) is 0 Å². The number of hydrogen-bond donors (Lipinski definition) is 6. The molecular formula is C14H30O6. The molecule has 0 aromatic carbocycles. The van der Waals surface area contributed by atoms with Crippen LogP contribution in [0.3, 0.4) is 0 Å². The molecule has 0 aliphatic carbocycles. The third-order valence-corrected chi connectivity index (χ3v) is 3.15. The van der Waals surface area contributed by atoms with E-state index in [1.54, 1.807) is 13.8 Å². The predicted molar refractivity (Wildman–Crippen MR) is 75.1 cm³/mol. The normalized spacial score (nSPS) is 21.0. The van der Waals surface area contributed by atoms with Gasteiger partial charge < -0.3 is 30.6 Å². The summed E-state index contributed by atoms with van der Waals surface area (Å²) in [5, 5.41) is 56.7. The van der Waals surface area contributed by atoms with Crippen LogP contribution < -0.4 is 0 Å². The van der Waals surface area contributed by atoms with Crippen LogP contribution in [0.5, 0.6) is 0 Å². The molecule has 6 nitrogen and oxygen atoms in total. The van der Waals surface area contributed by atoms with E-state index in [9.17, 15) is 20.4 Å². The number of rotatable bonds is 11. The first-order valence-electron chi connectivity index (χ1n) is 7.29. The minimum absolute atomic E-state index is 0.161. The van der Waals surface area contributed by atoms with E-state index in [1.807, 2.05) is 0 Å². The van der Waals surface area contributed by atoms with Crippen LogP contribution in [0.4, 0.5) is 0 Å². The maximum atomic E-state index is 9.71. The van der Waals surface area contributed by atoms with Crippen LogP contribution >= 0.6 is 0 Å². The number of hydrogen-bond acceptors (Lipinski definition) is 6. The quantitative estimate of drug-likeness (QED) is 0.306. The maximum absolute atomic E-state index is 9.71. The molecule has 0 fully saturated rings. The molecule has 0 aliphatic heterocycles. The predicted octanol–water partition coefficient (Wildman–Crippen LogP) is -0.468. The average Bonchev–Trinajstić information content (AvgIpc) is 2.23. The first-order valence-corrected chi connectivity index (χ1v) is 7.29. The van der Waals surface area contributed by atoms with Gasteiger partial charge in [0.05, 0.1) is 36.6 Å². The Morgan fingerprint density at radius 3 is 1.05 bits per heavy atom. The van der Waals surface area contributed by atoms with Crippen LogP contribution in [0.2, 0.25) is 0 Å². The van der Waals surface area contributed by atoms with Crippen molar-refractivity contribution in [1.82, 2.24) is 0 Å². The highest BCUT2D eigenvalue weighted by Crippen LogP contribution is 2.14. The van der Waals surface area contributed by atoms with Gasteiger partial charge in [0.25, 0.3) is 0 Å². The van der Waals surface area contributed by atoms with E-state index in [0.717, 1.165) is 0 Å². The lowest BCUT2D eigenvalue weighted by Gasteiger charge is -2.20. The first-order chi connectivity index (χ1) is 9.20. The molecule has 6 atom stereocenters. The summed E-state index contributed by atoms with van der Waals surface area (Å²) in [6, 6.07) is 0. The Bertz CT molecular complexity index is 210. The van der Waals surface area contributed by atoms with Crippen molar-refractivity contribution in [2.45, 2.75) is 89.0 Å². The molecule has 0 spiro atoms. The zero-order valence-electron chi connectivity index (χ0n) is 12.4. The Balaban J connectivity index is 3.79. The highest BCUT2D eigenvalue weighted by molar-refractivity contribution is 4.70. The van der Waals surface area contributed by atoms with Gasteiger partial charge in [-0.2, -0.15) is 0 Å². The fourth-order valence-corrected chi connectivity index (χ4v) is 2.23. The molecular weight excluding hydrogens is 264 g/mol. The average molecular weight is 294 g/mol. The molecule has 0 aliphatic rings. The standard InChI is InChI=1S/C14H30O6/c1-9(15)5-13(19)7-11(17)3-4-12(18)8-14(20)6-10(2)16/h9-20H,3-8H2,1-2H3/t9-,10?,11?,12-,13?,14?/m1/s1. The number of aliphatic hydroxyl groups excluding tert-OH is 6. The van der Waals surface area contributed by atoms with Crippen molar-refractivity contribution in [1.29, 1.82) is 0 Å². The van der Waals surface area contributed by atoms with Gasteiger partial charge in [-0.05, 0) is 52.4 Å². The van der Waals surface area contributed by atoms with E-state index in [0.29, 0.717) is 12.8 Å². The zero-order chi connectivity index (χ0) is 15.7. The second kappa shape index (κ2) is 10.5. The van der Waals surface area contributed by atoms with Crippen molar-refractivity contribution < 1.29 is 30.6 Å². The van der Waals surface area contributed by atoms with Crippen LogP contribution in [0, 0.1) is 0 Å². The van der Waals surface area contributed by atoms with Crippen LogP contribution in [0.1, 0.15) is 52.4 Å². The summed E-state index contributed by atoms with van der Waals surface area (Å²) in [4.78, 5) is 0. The molecule has 0 rings (SSSR count). The van der Waals surface area contributed by atoms with Crippen molar-refractivity contribution in [3.63, 3.8) is 0 Å². The molecule has 0 aromatic heterocycles. The van der Waals surface area contributed by atoms with Gasteiger partial charge in [-0.1, -0.05) is 0 Å². The fourth-order valence-electron chi connectivity index (χ4n) is 2.23. The molecule has 20 heavy (non-hydrogen) atoms. The number of aliphatic hydroxyl groups is 6. The lowest BCUT2D eigenvalue weighted by atomic mass is 9.98. The summed E-state index contributed by atoms with van der Waals surface area (Å²) in [6.07, 6.45) is -2.85.